The molecule has 0 unspecified atom stereocenters. The number of nitrogens with zero attached hydrogens (tertiary/aromatic N) is 2. The lowest BCUT2D eigenvalue weighted by atomic mass is 9.96. The fraction of sp³-hybridized carbons (Fsp3) is 0.526. The van der Waals surface area contributed by atoms with Gasteiger partial charge in [-0.2, -0.15) is 0 Å². The lowest BCUT2D eigenvalue weighted by Crippen LogP contribution is -2.45. The fourth-order valence-electron chi connectivity index (χ4n) is 3.87. The zero-order valence-corrected chi connectivity index (χ0v) is 14.7. The maximum absolute atomic E-state index is 12.8. The summed E-state index contributed by atoms with van der Waals surface area (Å²) in [6.07, 6.45) is 1.50. The van der Waals surface area contributed by atoms with Crippen LogP contribution in [0.4, 0.5) is 5.69 Å². The van der Waals surface area contributed by atoms with Crippen LogP contribution in [0.15, 0.2) is 18.2 Å². The molecule has 2 fully saturated rings. The van der Waals surface area contributed by atoms with Crippen molar-refractivity contribution in [3.8, 4) is 0 Å². The normalized spacial score (nSPS) is 23.8. The average Bonchev–Trinajstić information content (AvgIpc) is 2.95. The molecule has 1 aromatic carbocycles. The molecule has 0 spiro atoms. The Hall–Kier alpha value is -2.37. The second-order valence-corrected chi connectivity index (χ2v) is 7.21. The van der Waals surface area contributed by atoms with Crippen molar-refractivity contribution in [1.82, 2.24) is 4.90 Å². The van der Waals surface area contributed by atoms with Crippen LogP contribution in [0.2, 0.25) is 0 Å². The average molecular weight is 344 g/mol. The molecule has 2 saturated heterocycles. The van der Waals surface area contributed by atoms with Gasteiger partial charge in [-0.05, 0) is 49.9 Å². The smallest absolute Gasteiger partial charge is 0.308 e. The first-order valence-corrected chi connectivity index (χ1v) is 8.75. The standard InChI is InChI=1S/C19H24N2O4/c1-12-6-13(2)8-16(7-12)21-11-15(9-17(21)22)18(23)20-5-3-4-14(10-20)19(24)25/h6-8,14-15H,3-5,9-11H2,1-2H3,(H,24,25)/t14-,15+/m1/s1. The van der Waals surface area contributed by atoms with E-state index < -0.39 is 11.9 Å². The van der Waals surface area contributed by atoms with Gasteiger partial charge in [-0.15, -0.1) is 0 Å². The van der Waals surface area contributed by atoms with Crippen LogP contribution in [0.1, 0.15) is 30.4 Å². The van der Waals surface area contributed by atoms with Gasteiger partial charge in [0, 0.05) is 31.7 Å². The maximum Gasteiger partial charge on any atom is 0.308 e. The van der Waals surface area contributed by atoms with Crippen LogP contribution < -0.4 is 4.90 Å². The maximum atomic E-state index is 12.8. The Morgan fingerprint density at radius 3 is 2.40 bits per heavy atom. The number of aliphatic carboxylic acids is 1. The predicted octanol–water partition coefficient (Wildman–Crippen LogP) is 1.98. The second kappa shape index (κ2) is 6.86. The molecule has 2 atom stereocenters. The first-order chi connectivity index (χ1) is 11.8. The topological polar surface area (TPSA) is 77.9 Å². The molecule has 6 heteroatoms. The summed E-state index contributed by atoms with van der Waals surface area (Å²) in [6, 6.07) is 5.96. The van der Waals surface area contributed by atoms with E-state index in [9.17, 15) is 19.5 Å². The Labute approximate surface area is 147 Å². The van der Waals surface area contributed by atoms with E-state index in [2.05, 4.69) is 0 Å². The third-order valence-corrected chi connectivity index (χ3v) is 5.07. The van der Waals surface area contributed by atoms with Crippen molar-refractivity contribution in [2.75, 3.05) is 24.5 Å². The molecular formula is C19H24N2O4. The minimum atomic E-state index is -0.850. The lowest BCUT2D eigenvalue weighted by Gasteiger charge is -2.32. The number of carbonyl (C=O) groups excluding carboxylic acids is 2. The van der Waals surface area contributed by atoms with Crippen molar-refractivity contribution in [3.63, 3.8) is 0 Å². The molecule has 0 aliphatic carbocycles. The summed E-state index contributed by atoms with van der Waals surface area (Å²) in [5.41, 5.74) is 3.00. The molecule has 25 heavy (non-hydrogen) atoms. The summed E-state index contributed by atoms with van der Waals surface area (Å²) in [5.74, 6) is -1.87. The Morgan fingerprint density at radius 2 is 1.76 bits per heavy atom. The van der Waals surface area contributed by atoms with Gasteiger partial charge in [0.05, 0.1) is 11.8 Å². The van der Waals surface area contributed by atoms with E-state index in [1.165, 1.54) is 0 Å². The van der Waals surface area contributed by atoms with Crippen LogP contribution in [0.25, 0.3) is 0 Å². The number of carbonyl (C=O) groups is 3. The summed E-state index contributed by atoms with van der Waals surface area (Å²) < 4.78 is 0. The van der Waals surface area contributed by atoms with Gasteiger partial charge in [0.15, 0.2) is 0 Å². The van der Waals surface area contributed by atoms with Gasteiger partial charge in [-0.3, -0.25) is 14.4 Å². The number of anilines is 1. The van der Waals surface area contributed by atoms with Crippen LogP contribution in [0.5, 0.6) is 0 Å². The number of aryl methyl sites for hydroxylation is 2. The van der Waals surface area contributed by atoms with Crippen molar-refractivity contribution in [2.45, 2.75) is 33.1 Å². The Morgan fingerprint density at radius 1 is 1.08 bits per heavy atom. The van der Waals surface area contributed by atoms with Crippen molar-refractivity contribution in [2.24, 2.45) is 11.8 Å². The number of carboxylic acids is 1. The largest absolute Gasteiger partial charge is 0.481 e. The number of hydrogen-bond donors (Lipinski definition) is 1. The van der Waals surface area contributed by atoms with Gasteiger partial charge in [0.2, 0.25) is 11.8 Å². The van der Waals surface area contributed by atoms with Crippen LogP contribution in [0, 0.1) is 25.7 Å². The van der Waals surface area contributed by atoms with Crippen molar-refractivity contribution in [3.05, 3.63) is 29.3 Å². The third-order valence-electron chi connectivity index (χ3n) is 5.07. The Bertz CT molecular complexity index is 695. The van der Waals surface area contributed by atoms with Gasteiger partial charge in [0.1, 0.15) is 0 Å². The summed E-state index contributed by atoms with van der Waals surface area (Å²) in [6.45, 7) is 5.17. The number of likely N-dealkylation sites (tertiary alicyclic amines) is 1. The van der Waals surface area contributed by atoms with Crippen LogP contribution in [0.3, 0.4) is 0 Å². The molecule has 2 aliphatic heterocycles. The van der Waals surface area contributed by atoms with E-state index in [-0.39, 0.29) is 30.7 Å². The van der Waals surface area contributed by atoms with E-state index in [0.29, 0.717) is 25.9 Å². The molecule has 6 nitrogen and oxygen atoms in total. The first-order valence-electron chi connectivity index (χ1n) is 8.75. The highest BCUT2D eigenvalue weighted by molar-refractivity contribution is 6.00. The zero-order chi connectivity index (χ0) is 18.1. The number of piperidine rings is 1. The lowest BCUT2D eigenvalue weighted by molar-refractivity contribution is -0.146. The van der Waals surface area contributed by atoms with Crippen LogP contribution in [-0.2, 0) is 14.4 Å². The fourth-order valence-corrected chi connectivity index (χ4v) is 3.87. The van der Waals surface area contributed by atoms with E-state index in [0.717, 1.165) is 16.8 Å². The molecule has 2 heterocycles. The van der Waals surface area contributed by atoms with Gasteiger partial charge >= 0.3 is 5.97 Å². The molecule has 1 N–H and O–H groups in total. The minimum Gasteiger partial charge on any atom is -0.481 e. The molecule has 0 bridgehead atoms. The second-order valence-electron chi connectivity index (χ2n) is 7.21. The monoisotopic (exact) mass is 344 g/mol. The summed E-state index contributed by atoms with van der Waals surface area (Å²) in [7, 11) is 0. The van der Waals surface area contributed by atoms with Gasteiger partial charge < -0.3 is 14.9 Å². The SMILES string of the molecule is Cc1cc(C)cc(N2C[C@@H](C(=O)N3CCC[C@@H](C(=O)O)C3)CC2=O)c1. The summed E-state index contributed by atoms with van der Waals surface area (Å²) in [5, 5.41) is 9.19. The predicted molar refractivity (Wildman–Crippen MR) is 93.3 cm³/mol. The van der Waals surface area contributed by atoms with Gasteiger partial charge in [-0.25, -0.2) is 0 Å². The highest BCUT2D eigenvalue weighted by atomic mass is 16.4. The van der Waals surface area contributed by atoms with Crippen molar-refractivity contribution in [1.29, 1.82) is 0 Å². The van der Waals surface area contributed by atoms with Crippen LogP contribution >= 0.6 is 0 Å². The molecule has 0 saturated carbocycles. The molecule has 2 aliphatic rings. The summed E-state index contributed by atoms with van der Waals surface area (Å²) >= 11 is 0. The number of hydrogen-bond acceptors (Lipinski definition) is 3. The van der Waals surface area contributed by atoms with E-state index >= 15 is 0 Å². The number of benzene rings is 1. The highest BCUT2D eigenvalue weighted by Crippen LogP contribution is 2.29. The molecule has 3 rings (SSSR count). The van der Waals surface area contributed by atoms with E-state index in [1.54, 1.807) is 9.80 Å². The first kappa shape index (κ1) is 17.5. The molecule has 0 aromatic heterocycles. The van der Waals surface area contributed by atoms with E-state index in [4.69, 9.17) is 0 Å². The highest BCUT2D eigenvalue weighted by Gasteiger charge is 2.39. The Kier molecular flexibility index (Phi) is 4.79. The summed E-state index contributed by atoms with van der Waals surface area (Å²) in [4.78, 5) is 39.7. The minimum absolute atomic E-state index is 0.0462. The molecular weight excluding hydrogens is 320 g/mol. The molecule has 0 radical (unpaired) electrons. The number of carboxylic acid groups (broad SMARTS) is 1. The van der Waals surface area contributed by atoms with Crippen molar-refractivity contribution < 1.29 is 19.5 Å². The molecule has 2 amide bonds. The van der Waals surface area contributed by atoms with E-state index in [1.807, 2.05) is 32.0 Å². The van der Waals surface area contributed by atoms with Crippen LogP contribution in [-0.4, -0.2) is 47.4 Å². The quantitative estimate of drug-likeness (QED) is 0.909. The molecule has 1 aromatic rings. The number of amides is 2. The van der Waals surface area contributed by atoms with Gasteiger partial charge in [0.25, 0.3) is 0 Å². The third kappa shape index (κ3) is 3.67. The van der Waals surface area contributed by atoms with Crippen molar-refractivity contribution >= 4 is 23.5 Å². The zero-order valence-electron chi connectivity index (χ0n) is 14.7. The number of rotatable bonds is 3. The van der Waals surface area contributed by atoms with Gasteiger partial charge in [-0.1, -0.05) is 6.07 Å². The Balaban J connectivity index is 1.71. The molecule has 134 valence electrons.